The van der Waals surface area contributed by atoms with Crippen molar-refractivity contribution in [2.45, 2.75) is 26.2 Å². The number of rotatable bonds is 1. The summed E-state index contributed by atoms with van der Waals surface area (Å²) in [5.74, 6) is -1.55. The van der Waals surface area contributed by atoms with Gasteiger partial charge in [0.15, 0.2) is 0 Å². The number of aromatic nitrogens is 1. The SMILES string of the molecule is Cc1ccc2c(c1)-c1nc(Cl)c(C(=O)O)c(O)c1C(C)C2. The Bertz CT molecular complexity index is 771. The van der Waals surface area contributed by atoms with Gasteiger partial charge in [-0.15, -0.1) is 0 Å². The van der Waals surface area contributed by atoms with E-state index in [0.29, 0.717) is 11.3 Å². The van der Waals surface area contributed by atoms with E-state index in [9.17, 15) is 15.0 Å². The van der Waals surface area contributed by atoms with Gasteiger partial charge < -0.3 is 10.2 Å². The molecule has 1 aliphatic carbocycles. The number of aromatic hydroxyl groups is 1. The predicted molar refractivity (Wildman–Crippen MR) is 80.2 cm³/mol. The monoisotopic (exact) mass is 303 g/mol. The van der Waals surface area contributed by atoms with Crippen LogP contribution in [0.2, 0.25) is 5.15 Å². The predicted octanol–water partition coefficient (Wildman–Crippen LogP) is 3.77. The van der Waals surface area contributed by atoms with E-state index in [1.807, 2.05) is 32.0 Å². The Labute approximate surface area is 127 Å². The molecule has 5 heteroatoms. The topological polar surface area (TPSA) is 70.4 Å². The minimum Gasteiger partial charge on any atom is -0.507 e. The molecule has 2 N–H and O–H groups in total. The summed E-state index contributed by atoms with van der Waals surface area (Å²) in [6.45, 7) is 3.92. The molecule has 4 nitrogen and oxygen atoms in total. The van der Waals surface area contributed by atoms with E-state index < -0.39 is 5.97 Å². The van der Waals surface area contributed by atoms with Crippen LogP contribution in [0, 0.1) is 6.92 Å². The van der Waals surface area contributed by atoms with E-state index in [1.165, 1.54) is 0 Å². The zero-order valence-corrected chi connectivity index (χ0v) is 12.4. The molecule has 1 unspecified atom stereocenters. The van der Waals surface area contributed by atoms with Crippen LogP contribution in [0.3, 0.4) is 0 Å². The highest BCUT2D eigenvalue weighted by Gasteiger charge is 2.31. The summed E-state index contributed by atoms with van der Waals surface area (Å²) in [7, 11) is 0. The molecule has 0 spiro atoms. The summed E-state index contributed by atoms with van der Waals surface area (Å²) in [5, 5.41) is 19.4. The fourth-order valence-electron chi connectivity index (χ4n) is 2.94. The molecule has 2 aromatic rings. The number of hydrogen-bond donors (Lipinski definition) is 2. The van der Waals surface area contributed by atoms with Gasteiger partial charge in [-0.1, -0.05) is 36.2 Å². The van der Waals surface area contributed by atoms with Crippen LogP contribution in [0.25, 0.3) is 11.3 Å². The van der Waals surface area contributed by atoms with Crippen molar-refractivity contribution in [1.29, 1.82) is 0 Å². The lowest BCUT2D eigenvalue weighted by Crippen LogP contribution is -2.13. The number of carboxylic acids is 1. The van der Waals surface area contributed by atoms with Gasteiger partial charge in [-0.3, -0.25) is 0 Å². The van der Waals surface area contributed by atoms with Gasteiger partial charge in [-0.05, 0) is 30.9 Å². The lowest BCUT2D eigenvalue weighted by Gasteiger charge is -2.26. The maximum atomic E-state index is 11.3. The highest BCUT2D eigenvalue weighted by Crippen LogP contribution is 2.45. The Kier molecular flexibility index (Phi) is 3.14. The molecule has 3 rings (SSSR count). The number of carboxylic acid groups (broad SMARTS) is 1. The van der Waals surface area contributed by atoms with Gasteiger partial charge in [-0.2, -0.15) is 0 Å². The molecule has 0 fully saturated rings. The maximum absolute atomic E-state index is 11.3. The quantitative estimate of drug-likeness (QED) is 0.787. The number of fused-ring (bicyclic) bond motifs is 3. The van der Waals surface area contributed by atoms with Gasteiger partial charge >= 0.3 is 5.97 Å². The Morgan fingerprint density at radius 1 is 1.43 bits per heavy atom. The van der Waals surface area contributed by atoms with Gasteiger partial charge in [0.05, 0.1) is 5.69 Å². The molecule has 1 heterocycles. The van der Waals surface area contributed by atoms with Crippen LogP contribution in [-0.2, 0) is 6.42 Å². The smallest absolute Gasteiger partial charge is 0.342 e. The second-order valence-electron chi connectivity index (χ2n) is 5.46. The molecule has 21 heavy (non-hydrogen) atoms. The van der Waals surface area contributed by atoms with Crippen molar-refractivity contribution in [3.8, 4) is 17.0 Å². The van der Waals surface area contributed by atoms with E-state index in [-0.39, 0.29) is 22.4 Å². The normalized spacial score (nSPS) is 16.2. The summed E-state index contributed by atoms with van der Waals surface area (Å²) in [6.07, 6.45) is 0.735. The molecule has 0 saturated heterocycles. The molecule has 0 aliphatic heterocycles. The molecule has 1 aromatic carbocycles. The van der Waals surface area contributed by atoms with E-state index in [4.69, 9.17) is 11.6 Å². The third kappa shape index (κ3) is 2.07. The first-order valence-corrected chi connectivity index (χ1v) is 7.03. The van der Waals surface area contributed by atoms with Gasteiger partial charge in [-0.25, -0.2) is 9.78 Å². The molecular formula is C16H14ClNO3. The summed E-state index contributed by atoms with van der Waals surface area (Å²) < 4.78 is 0. The third-order valence-electron chi connectivity index (χ3n) is 3.92. The van der Waals surface area contributed by atoms with Crippen LogP contribution in [0.4, 0.5) is 0 Å². The lowest BCUT2D eigenvalue weighted by molar-refractivity contribution is 0.0693. The first kappa shape index (κ1) is 13.9. The molecule has 108 valence electrons. The standard InChI is InChI=1S/C16H14ClNO3/c1-7-3-4-9-6-8(2)11-13(10(9)5-7)18-15(17)12(14(11)19)16(20)21/h3-5,8H,6H2,1-2H3,(H,18,19)(H,20,21). The van der Waals surface area contributed by atoms with Crippen LogP contribution >= 0.6 is 11.6 Å². The number of aryl methyl sites for hydroxylation is 1. The minimum atomic E-state index is -1.27. The second-order valence-corrected chi connectivity index (χ2v) is 5.82. The van der Waals surface area contributed by atoms with Crippen LogP contribution in [0.5, 0.6) is 5.75 Å². The number of nitrogens with zero attached hydrogens (tertiary/aromatic N) is 1. The summed E-state index contributed by atoms with van der Waals surface area (Å²) in [5.41, 5.74) is 3.95. The van der Waals surface area contributed by atoms with Crippen molar-refractivity contribution in [2.75, 3.05) is 0 Å². The fourth-order valence-corrected chi connectivity index (χ4v) is 3.20. The van der Waals surface area contributed by atoms with Crippen molar-refractivity contribution in [1.82, 2.24) is 4.98 Å². The Morgan fingerprint density at radius 2 is 2.14 bits per heavy atom. The highest BCUT2D eigenvalue weighted by atomic mass is 35.5. The van der Waals surface area contributed by atoms with Gasteiger partial charge in [0.25, 0.3) is 0 Å². The lowest BCUT2D eigenvalue weighted by atomic mass is 9.80. The number of hydrogen-bond acceptors (Lipinski definition) is 3. The van der Waals surface area contributed by atoms with E-state index in [2.05, 4.69) is 4.98 Å². The highest BCUT2D eigenvalue weighted by molar-refractivity contribution is 6.33. The zero-order chi connectivity index (χ0) is 15.3. The molecule has 0 radical (unpaired) electrons. The van der Waals surface area contributed by atoms with E-state index >= 15 is 0 Å². The summed E-state index contributed by atoms with van der Waals surface area (Å²) >= 11 is 5.96. The number of halogens is 1. The molecule has 1 atom stereocenters. The first-order valence-electron chi connectivity index (χ1n) is 6.65. The average Bonchev–Trinajstić information content (AvgIpc) is 2.38. The number of benzene rings is 1. The molecule has 1 aliphatic rings. The minimum absolute atomic E-state index is 0.0157. The molecule has 0 saturated carbocycles. The summed E-state index contributed by atoms with van der Waals surface area (Å²) in [4.78, 5) is 15.5. The second kappa shape index (κ2) is 4.74. The van der Waals surface area contributed by atoms with Crippen molar-refractivity contribution in [2.24, 2.45) is 0 Å². The summed E-state index contributed by atoms with van der Waals surface area (Å²) in [6, 6.07) is 6.06. The van der Waals surface area contributed by atoms with Crippen LogP contribution < -0.4 is 0 Å². The number of aromatic carboxylic acids is 1. The van der Waals surface area contributed by atoms with E-state index in [1.54, 1.807) is 0 Å². The largest absolute Gasteiger partial charge is 0.507 e. The van der Waals surface area contributed by atoms with E-state index in [0.717, 1.165) is 23.1 Å². The van der Waals surface area contributed by atoms with Crippen LogP contribution in [0.15, 0.2) is 18.2 Å². The number of carbonyl (C=O) groups is 1. The van der Waals surface area contributed by atoms with Gasteiger partial charge in [0.2, 0.25) is 0 Å². The van der Waals surface area contributed by atoms with Crippen LogP contribution in [0.1, 0.15) is 39.9 Å². The van der Waals surface area contributed by atoms with Crippen molar-refractivity contribution >= 4 is 17.6 Å². The first-order chi connectivity index (χ1) is 9.90. The molecule has 1 aromatic heterocycles. The number of pyridine rings is 1. The average molecular weight is 304 g/mol. The fraction of sp³-hybridized carbons (Fsp3) is 0.250. The molecule has 0 bridgehead atoms. The van der Waals surface area contributed by atoms with Gasteiger partial charge in [0, 0.05) is 11.1 Å². The Hall–Kier alpha value is -2.07. The van der Waals surface area contributed by atoms with Gasteiger partial charge in [0.1, 0.15) is 16.5 Å². The van der Waals surface area contributed by atoms with Crippen molar-refractivity contribution in [3.63, 3.8) is 0 Å². The maximum Gasteiger partial charge on any atom is 0.342 e. The van der Waals surface area contributed by atoms with Crippen molar-refractivity contribution < 1.29 is 15.0 Å². The Morgan fingerprint density at radius 3 is 2.81 bits per heavy atom. The third-order valence-corrected chi connectivity index (χ3v) is 4.19. The zero-order valence-electron chi connectivity index (χ0n) is 11.6. The molecular weight excluding hydrogens is 290 g/mol. The molecule has 0 amide bonds. The Balaban J connectivity index is 2.37. The van der Waals surface area contributed by atoms with Crippen LogP contribution in [-0.4, -0.2) is 21.2 Å². The van der Waals surface area contributed by atoms with Crippen molar-refractivity contribution in [3.05, 3.63) is 45.6 Å².